The van der Waals surface area contributed by atoms with Crippen molar-refractivity contribution >= 4 is 0 Å². The SMILES string of the molecule is COC1=C[C@H]2C(=C(O)N(C(C)(C)c3ccccc3)[C@@H]2c2ccccc2)C=C1. The van der Waals surface area contributed by atoms with E-state index in [0.29, 0.717) is 5.88 Å². The number of hydrogen-bond acceptors (Lipinski definition) is 3. The lowest BCUT2D eigenvalue weighted by Crippen LogP contribution is -2.42. The first-order chi connectivity index (χ1) is 13.0. The Bertz CT molecular complexity index is 910. The summed E-state index contributed by atoms with van der Waals surface area (Å²) in [7, 11) is 1.68. The van der Waals surface area contributed by atoms with Crippen LogP contribution in [0.5, 0.6) is 0 Å². The zero-order valence-electron chi connectivity index (χ0n) is 16.0. The first-order valence-corrected chi connectivity index (χ1v) is 9.31. The summed E-state index contributed by atoms with van der Waals surface area (Å²) in [5, 5.41) is 11.3. The maximum atomic E-state index is 11.3. The van der Waals surface area contributed by atoms with Gasteiger partial charge in [-0.1, -0.05) is 60.7 Å². The molecule has 2 aromatic rings. The second-order valence-corrected chi connectivity index (χ2v) is 7.56. The van der Waals surface area contributed by atoms with Crippen LogP contribution < -0.4 is 0 Å². The molecule has 2 atom stereocenters. The molecule has 2 aromatic carbocycles. The summed E-state index contributed by atoms with van der Waals surface area (Å²) in [5.74, 6) is 1.21. The van der Waals surface area contributed by atoms with E-state index >= 15 is 0 Å². The molecule has 4 rings (SSSR count). The number of methoxy groups -OCH3 is 1. The van der Waals surface area contributed by atoms with Crippen molar-refractivity contribution in [3.63, 3.8) is 0 Å². The van der Waals surface area contributed by atoms with Crippen molar-refractivity contribution in [1.29, 1.82) is 0 Å². The van der Waals surface area contributed by atoms with Crippen molar-refractivity contribution in [3.8, 4) is 0 Å². The molecule has 27 heavy (non-hydrogen) atoms. The van der Waals surface area contributed by atoms with Crippen LogP contribution in [0.2, 0.25) is 0 Å². The average Bonchev–Trinajstić information content (AvgIpc) is 3.02. The Morgan fingerprint density at radius 1 is 0.926 bits per heavy atom. The minimum absolute atomic E-state index is 0.00786. The van der Waals surface area contributed by atoms with Gasteiger partial charge in [-0.3, -0.25) is 0 Å². The van der Waals surface area contributed by atoms with Crippen molar-refractivity contribution in [2.24, 2.45) is 5.92 Å². The Kier molecular flexibility index (Phi) is 4.31. The van der Waals surface area contributed by atoms with Gasteiger partial charge < -0.3 is 14.7 Å². The highest BCUT2D eigenvalue weighted by atomic mass is 16.5. The van der Waals surface area contributed by atoms with Gasteiger partial charge in [0.1, 0.15) is 5.76 Å². The molecule has 0 unspecified atom stereocenters. The Morgan fingerprint density at radius 2 is 1.56 bits per heavy atom. The molecule has 0 aromatic heterocycles. The number of hydrogen-bond donors (Lipinski definition) is 1. The van der Waals surface area contributed by atoms with E-state index in [-0.39, 0.29) is 17.5 Å². The summed E-state index contributed by atoms with van der Waals surface area (Å²) in [6, 6.07) is 20.7. The van der Waals surface area contributed by atoms with Gasteiger partial charge in [0.05, 0.1) is 18.7 Å². The largest absolute Gasteiger partial charge is 0.497 e. The zero-order chi connectivity index (χ0) is 19.0. The molecular weight excluding hydrogens is 334 g/mol. The topological polar surface area (TPSA) is 32.7 Å². The Hall–Kier alpha value is -2.94. The lowest BCUT2D eigenvalue weighted by molar-refractivity contribution is 0.0587. The van der Waals surface area contributed by atoms with Gasteiger partial charge in [-0.25, -0.2) is 0 Å². The van der Waals surface area contributed by atoms with Gasteiger partial charge in [0.25, 0.3) is 0 Å². The van der Waals surface area contributed by atoms with Gasteiger partial charge in [0.15, 0.2) is 5.88 Å². The van der Waals surface area contributed by atoms with Gasteiger partial charge in [-0.2, -0.15) is 0 Å². The van der Waals surface area contributed by atoms with Gasteiger partial charge in [0, 0.05) is 11.5 Å². The number of rotatable bonds is 4. The van der Waals surface area contributed by atoms with E-state index in [1.165, 1.54) is 5.56 Å². The summed E-state index contributed by atoms with van der Waals surface area (Å²) < 4.78 is 5.48. The molecule has 0 saturated heterocycles. The van der Waals surface area contributed by atoms with E-state index in [1.54, 1.807) is 7.11 Å². The van der Waals surface area contributed by atoms with Crippen molar-refractivity contribution in [2.75, 3.05) is 7.11 Å². The average molecular weight is 359 g/mol. The zero-order valence-corrected chi connectivity index (χ0v) is 16.0. The summed E-state index contributed by atoms with van der Waals surface area (Å²) in [4.78, 5) is 2.15. The summed E-state index contributed by atoms with van der Waals surface area (Å²) in [6.07, 6.45) is 6.02. The standard InChI is InChI=1S/C24H25NO2/c1-24(2,18-12-8-5-9-13-18)25-22(17-10-6-4-7-11-17)21-16-19(27-3)14-15-20(21)23(25)26/h4-16,21-22,26H,1-3H3/t21-,22+/m0/s1. The minimum atomic E-state index is -0.384. The predicted molar refractivity (Wildman–Crippen MR) is 108 cm³/mol. The van der Waals surface area contributed by atoms with Gasteiger partial charge in [0.2, 0.25) is 0 Å². The molecule has 0 fully saturated rings. The molecule has 3 heteroatoms. The van der Waals surface area contributed by atoms with Crippen molar-refractivity contribution in [1.82, 2.24) is 4.90 Å². The van der Waals surface area contributed by atoms with Crippen molar-refractivity contribution < 1.29 is 9.84 Å². The van der Waals surface area contributed by atoms with Crippen LogP contribution in [0.4, 0.5) is 0 Å². The number of nitrogens with zero attached hydrogens (tertiary/aromatic N) is 1. The molecule has 0 radical (unpaired) electrons. The van der Waals surface area contributed by atoms with E-state index in [1.807, 2.05) is 36.4 Å². The second kappa shape index (κ2) is 6.66. The molecule has 2 aliphatic rings. The van der Waals surface area contributed by atoms with Crippen LogP contribution in [-0.2, 0) is 10.3 Å². The number of aliphatic hydroxyl groups is 1. The molecule has 0 bridgehead atoms. The van der Waals surface area contributed by atoms with Crippen LogP contribution in [0.3, 0.4) is 0 Å². The van der Waals surface area contributed by atoms with E-state index in [0.717, 1.165) is 16.9 Å². The first-order valence-electron chi connectivity index (χ1n) is 9.31. The molecular formula is C24H25NO2. The molecule has 1 N–H and O–H groups in total. The Labute approximate surface area is 160 Å². The molecule has 138 valence electrons. The summed E-state index contributed by atoms with van der Waals surface area (Å²) in [5.41, 5.74) is 2.89. The van der Waals surface area contributed by atoms with E-state index < -0.39 is 0 Å². The highest BCUT2D eigenvalue weighted by Gasteiger charge is 2.47. The number of ether oxygens (including phenoxy) is 1. The molecule has 1 heterocycles. The highest BCUT2D eigenvalue weighted by molar-refractivity contribution is 5.46. The molecule has 0 amide bonds. The summed E-state index contributed by atoms with van der Waals surface area (Å²) in [6.45, 7) is 4.33. The molecule has 0 spiro atoms. The third-order valence-corrected chi connectivity index (χ3v) is 5.69. The normalized spacial score (nSPS) is 21.9. The Balaban J connectivity index is 1.87. The van der Waals surface area contributed by atoms with Crippen molar-refractivity contribution in [3.05, 3.63) is 107 Å². The van der Waals surface area contributed by atoms with Gasteiger partial charge >= 0.3 is 0 Å². The second-order valence-electron chi connectivity index (χ2n) is 7.56. The molecule has 0 saturated carbocycles. The third kappa shape index (κ3) is 2.84. The van der Waals surface area contributed by atoms with Crippen LogP contribution in [0, 0.1) is 5.92 Å². The van der Waals surface area contributed by atoms with E-state index in [2.05, 4.69) is 61.2 Å². The maximum absolute atomic E-state index is 11.3. The quantitative estimate of drug-likeness (QED) is 0.786. The van der Waals surface area contributed by atoms with Crippen LogP contribution >= 0.6 is 0 Å². The first kappa shape index (κ1) is 17.5. The monoisotopic (exact) mass is 359 g/mol. The lowest BCUT2D eigenvalue weighted by Gasteiger charge is -2.43. The Morgan fingerprint density at radius 3 is 2.19 bits per heavy atom. The fraction of sp³-hybridized carbons (Fsp3) is 0.250. The fourth-order valence-corrected chi connectivity index (χ4v) is 4.26. The maximum Gasteiger partial charge on any atom is 0.192 e. The van der Waals surface area contributed by atoms with Gasteiger partial charge in [-0.05, 0) is 43.2 Å². The minimum Gasteiger partial charge on any atom is -0.497 e. The van der Waals surface area contributed by atoms with Crippen LogP contribution in [0.15, 0.2) is 96.1 Å². The van der Waals surface area contributed by atoms with E-state index in [9.17, 15) is 5.11 Å². The molecule has 1 aliphatic heterocycles. The fourth-order valence-electron chi connectivity index (χ4n) is 4.26. The summed E-state index contributed by atoms with van der Waals surface area (Å²) >= 11 is 0. The predicted octanol–water partition coefficient (Wildman–Crippen LogP) is 5.46. The number of fused-ring (bicyclic) bond motifs is 1. The number of benzene rings is 2. The lowest BCUT2D eigenvalue weighted by atomic mass is 9.84. The molecule has 3 nitrogen and oxygen atoms in total. The van der Waals surface area contributed by atoms with Crippen LogP contribution in [-0.4, -0.2) is 17.1 Å². The number of allylic oxidation sites excluding steroid dienone is 2. The third-order valence-electron chi connectivity index (χ3n) is 5.69. The highest BCUT2D eigenvalue weighted by Crippen LogP contribution is 2.51. The van der Waals surface area contributed by atoms with Crippen molar-refractivity contribution in [2.45, 2.75) is 25.4 Å². The van der Waals surface area contributed by atoms with Crippen LogP contribution in [0.25, 0.3) is 0 Å². The molecule has 1 aliphatic carbocycles. The smallest absolute Gasteiger partial charge is 0.192 e. The number of aliphatic hydroxyl groups excluding tert-OH is 1. The van der Waals surface area contributed by atoms with E-state index in [4.69, 9.17) is 4.74 Å². The van der Waals surface area contributed by atoms with Gasteiger partial charge in [-0.15, -0.1) is 0 Å². The van der Waals surface area contributed by atoms with Crippen LogP contribution in [0.1, 0.15) is 31.0 Å².